The van der Waals surface area contributed by atoms with Gasteiger partial charge in [-0.1, -0.05) is 47.8 Å². The van der Waals surface area contributed by atoms with Gasteiger partial charge in [-0.3, -0.25) is 9.59 Å². The monoisotopic (exact) mass is 409 g/mol. The molecule has 0 saturated carbocycles. The predicted octanol–water partition coefficient (Wildman–Crippen LogP) is 3.63. The van der Waals surface area contributed by atoms with E-state index in [2.05, 4.69) is 10.5 Å². The molecule has 144 valence electrons. The molecule has 0 spiro atoms. The van der Waals surface area contributed by atoms with Crippen molar-refractivity contribution in [3.63, 3.8) is 0 Å². The minimum atomic E-state index is -0.310. The van der Waals surface area contributed by atoms with Gasteiger partial charge in [0.15, 0.2) is 6.29 Å². The Kier molecular flexibility index (Phi) is 9.33. The van der Waals surface area contributed by atoms with E-state index in [4.69, 9.17) is 34.0 Å². The maximum atomic E-state index is 11.1. The Labute approximate surface area is 168 Å². The zero-order valence-electron chi connectivity index (χ0n) is 15.0. The minimum Gasteiger partial charge on any atom is -0.508 e. The Hall–Kier alpha value is -2.57. The summed E-state index contributed by atoms with van der Waals surface area (Å²) in [7, 11) is 0. The summed E-state index contributed by atoms with van der Waals surface area (Å²) in [6, 6.07) is 7.09. The van der Waals surface area contributed by atoms with Crippen LogP contribution in [0.4, 0.5) is 0 Å². The van der Waals surface area contributed by atoms with Crippen LogP contribution in [0.3, 0.4) is 0 Å². The number of hydrogen-bond acceptors (Lipinski definition) is 5. The molecule has 1 amide bonds. The van der Waals surface area contributed by atoms with Gasteiger partial charge in [0, 0.05) is 24.1 Å². The molecule has 0 aliphatic heterocycles. The van der Waals surface area contributed by atoms with Crippen molar-refractivity contribution in [1.82, 2.24) is 5.43 Å². The molecule has 6 nitrogen and oxygen atoms in total. The van der Waals surface area contributed by atoms with Crippen LogP contribution < -0.4 is 11.2 Å². The number of benzene rings is 1. The van der Waals surface area contributed by atoms with E-state index in [-0.39, 0.29) is 34.5 Å². The van der Waals surface area contributed by atoms with Gasteiger partial charge in [0.1, 0.15) is 11.5 Å². The highest BCUT2D eigenvalue weighted by Gasteiger charge is 2.17. The molecule has 0 bridgehead atoms. The molecule has 0 aromatic heterocycles. The van der Waals surface area contributed by atoms with Gasteiger partial charge in [0.05, 0.1) is 10.1 Å². The average molecular weight is 410 g/mol. The zero-order chi connectivity index (χ0) is 20.4. The molecule has 0 atom stereocenters. The third-order valence-corrected chi connectivity index (χ3v) is 4.22. The fraction of sp³-hybridized carbons (Fsp3) is 0.211. The fourth-order valence-electron chi connectivity index (χ4n) is 1.85. The first-order valence-electron chi connectivity index (χ1n) is 8.07. The molecule has 0 radical (unpaired) electrons. The van der Waals surface area contributed by atoms with E-state index in [9.17, 15) is 9.59 Å². The van der Waals surface area contributed by atoms with Crippen LogP contribution >= 0.6 is 23.2 Å². The van der Waals surface area contributed by atoms with Gasteiger partial charge in [-0.25, -0.2) is 5.43 Å². The Morgan fingerprint density at radius 3 is 2.44 bits per heavy atom. The summed E-state index contributed by atoms with van der Waals surface area (Å²) in [5, 5.41) is 12.9. The van der Waals surface area contributed by atoms with E-state index in [1.807, 2.05) is 19.1 Å². The molecular formula is C19H21Cl2N3O3. The predicted molar refractivity (Wildman–Crippen MR) is 108 cm³/mol. The molecule has 27 heavy (non-hydrogen) atoms. The number of aryl methyl sites for hydroxylation is 1. The van der Waals surface area contributed by atoms with Crippen LogP contribution in [0.25, 0.3) is 0 Å². The molecule has 1 aliphatic rings. The molecule has 1 aromatic rings. The molecule has 0 heterocycles. The van der Waals surface area contributed by atoms with Crippen LogP contribution in [0.2, 0.25) is 0 Å². The summed E-state index contributed by atoms with van der Waals surface area (Å²) in [4.78, 5) is 22.2. The van der Waals surface area contributed by atoms with Crippen LogP contribution in [0, 0.1) is 6.92 Å². The van der Waals surface area contributed by atoms with Crippen molar-refractivity contribution >= 4 is 41.1 Å². The molecule has 1 aromatic carbocycles. The first kappa shape index (κ1) is 22.5. The standard InChI is InChI=1S/C12H13Cl2N3O2.C7H8O/c1-2-11(19)17-16-10(6-18)8-5-7(15)3-4-9(13)12(8)14;1-6-2-4-7(8)5-3-6/h3-4,6H,2,5,15H2,1H3,(H,17,19);2-5,8H,1H3/b16-10+;. The average Bonchev–Trinajstić information content (AvgIpc) is 2.78. The molecule has 0 fully saturated rings. The van der Waals surface area contributed by atoms with Crippen molar-refractivity contribution in [1.29, 1.82) is 0 Å². The lowest BCUT2D eigenvalue weighted by molar-refractivity contribution is -0.120. The molecule has 2 rings (SSSR count). The van der Waals surface area contributed by atoms with Crippen molar-refractivity contribution in [3.8, 4) is 5.75 Å². The lowest BCUT2D eigenvalue weighted by Gasteiger charge is -2.08. The first-order valence-corrected chi connectivity index (χ1v) is 8.82. The van der Waals surface area contributed by atoms with E-state index in [1.165, 1.54) is 5.56 Å². The van der Waals surface area contributed by atoms with E-state index in [0.29, 0.717) is 23.3 Å². The largest absolute Gasteiger partial charge is 0.508 e. The van der Waals surface area contributed by atoms with Crippen LogP contribution in [0.15, 0.2) is 62.9 Å². The molecule has 8 heteroatoms. The number of carbonyl (C=O) groups excluding carboxylic acids is 2. The number of rotatable bonds is 4. The van der Waals surface area contributed by atoms with E-state index >= 15 is 0 Å². The number of nitrogens with one attached hydrogen (secondary N) is 1. The summed E-state index contributed by atoms with van der Waals surface area (Å²) in [6.07, 6.45) is 4.12. The SMILES string of the molecule is CCC(=O)N/N=C(\C=O)C1=C(Cl)C(Cl)=CC=C(N)C1.Cc1ccc(O)cc1. The number of phenols is 1. The first-order chi connectivity index (χ1) is 12.8. The zero-order valence-corrected chi connectivity index (χ0v) is 16.5. The number of phenolic OH excluding ortho intramolecular Hbond substituents is 1. The summed E-state index contributed by atoms with van der Waals surface area (Å²) in [5.74, 6) is 0.0189. The number of nitrogens with zero attached hydrogens (tertiary/aromatic N) is 1. The fourth-order valence-corrected chi connectivity index (χ4v) is 2.26. The van der Waals surface area contributed by atoms with Gasteiger partial charge in [0.25, 0.3) is 0 Å². The second-order valence-corrected chi connectivity index (χ2v) is 6.35. The lowest BCUT2D eigenvalue weighted by Crippen LogP contribution is -2.20. The van der Waals surface area contributed by atoms with Gasteiger partial charge in [-0.15, -0.1) is 0 Å². The maximum Gasteiger partial charge on any atom is 0.239 e. The van der Waals surface area contributed by atoms with Gasteiger partial charge in [0.2, 0.25) is 5.91 Å². The van der Waals surface area contributed by atoms with Crippen molar-refractivity contribution < 1.29 is 14.7 Å². The normalized spacial score (nSPS) is 14.3. The van der Waals surface area contributed by atoms with Crippen molar-refractivity contribution in [2.24, 2.45) is 10.8 Å². The number of allylic oxidation sites excluding steroid dienone is 5. The van der Waals surface area contributed by atoms with E-state index < -0.39 is 0 Å². The Morgan fingerprint density at radius 2 is 1.93 bits per heavy atom. The summed E-state index contributed by atoms with van der Waals surface area (Å²) in [5.41, 5.74) is 10.0. The highest BCUT2D eigenvalue weighted by Crippen LogP contribution is 2.29. The minimum absolute atomic E-state index is 0.00315. The Balaban J connectivity index is 0.000000377. The number of aromatic hydroxyl groups is 1. The van der Waals surface area contributed by atoms with Crippen molar-refractivity contribution in [2.75, 3.05) is 0 Å². The van der Waals surface area contributed by atoms with E-state index in [1.54, 1.807) is 31.2 Å². The maximum absolute atomic E-state index is 11.1. The van der Waals surface area contributed by atoms with Crippen LogP contribution in [0.1, 0.15) is 25.3 Å². The molecule has 0 unspecified atom stereocenters. The van der Waals surface area contributed by atoms with Gasteiger partial charge >= 0.3 is 0 Å². The van der Waals surface area contributed by atoms with Gasteiger partial charge < -0.3 is 10.8 Å². The van der Waals surface area contributed by atoms with E-state index in [0.717, 1.165) is 0 Å². The summed E-state index contributed by atoms with van der Waals surface area (Å²) < 4.78 is 0. The highest BCUT2D eigenvalue weighted by molar-refractivity contribution is 6.48. The van der Waals surface area contributed by atoms with Crippen molar-refractivity contribution in [2.45, 2.75) is 26.7 Å². The number of amides is 1. The van der Waals surface area contributed by atoms with Gasteiger partial charge in [-0.05, 0) is 31.2 Å². The number of carbonyl (C=O) groups is 2. The Morgan fingerprint density at radius 1 is 1.30 bits per heavy atom. The second kappa shape index (κ2) is 11.2. The quantitative estimate of drug-likeness (QED) is 0.401. The molecular weight excluding hydrogens is 389 g/mol. The molecule has 0 saturated heterocycles. The number of hydrazone groups is 1. The number of aldehydes is 1. The van der Waals surface area contributed by atoms with Crippen molar-refractivity contribution in [3.05, 3.63) is 63.3 Å². The Bertz CT molecular complexity index is 789. The second-order valence-electron chi connectivity index (χ2n) is 5.56. The summed E-state index contributed by atoms with van der Waals surface area (Å²) in [6.45, 7) is 3.66. The topological polar surface area (TPSA) is 105 Å². The molecule has 1 aliphatic carbocycles. The smallest absolute Gasteiger partial charge is 0.239 e. The number of hydrogen-bond donors (Lipinski definition) is 3. The molecule has 4 N–H and O–H groups in total. The third kappa shape index (κ3) is 7.68. The van der Waals surface area contributed by atoms with Crippen LogP contribution in [-0.2, 0) is 9.59 Å². The number of nitrogens with two attached hydrogens (primary N) is 1. The van der Waals surface area contributed by atoms with Crippen LogP contribution in [-0.4, -0.2) is 23.0 Å². The van der Waals surface area contributed by atoms with Crippen LogP contribution in [0.5, 0.6) is 5.75 Å². The highest BCUT2D eigenvalue weighted by atomic mass is 35.5. The third-order valence-electron chi connectivity index (χ3n) is 3.38. The summed E-state index contributed by atoms with van der Waals surface area (Å²) >= 11 is 12.0. The lowest BCUT2D eigenvalue weighted by atomic mass is 10.1. The number of halogens is 2. The van der Waals surface area contributed by atoms with Gasteiger partial charge in [-0.2, -0.15) is 5.10 Å².